The maximum Gasteiger partial charge on any atom is 0.457 e. The van der Waals surface area contributed by atoms with Crippen LogP contribution in [0, 0.1) is 0 Å². The van der Waals surface area contributed by atoms with Gasteiger partial charge in [0.1, 0.15) is 0 Å². The molecule has 1 atom stereocenters. The molecule has 170 valence electrons. The summed E-state index contributed by atoms with van der Waals surface area (Å²) in [7, 11) is 0. The maximum absolute atomic E-state index is 14.3. The van der Waals surface area contributed by atoms with E-state index in [1.165, 1.54) is 0 Å². The lowest BCUT2D eigenvalue weighted by Crippen LogP contribution is -2.71. The Morgan fingerprint density at radius 1 is 0.414 bits per heavy atom. The Kier molecular flexibility index (Phi) is 4.12. The Bertz CT molecular complexity index is 765. The average molecular weight is 474 g/mol. The number of alkyl halides is 18. The first-order valence-electron chi connectivity index (χ1n) is 6.40. The molecule has 1 unspecified atom stereocenters. The molecule has 0 saturated carbocycles. The van der Waals surface area contributed by atoms with Crippen LogP contribution in [0.25, 0.3) is 0 Å². The third kappa shape index (κ3) is 1.98. The quantitative estimate of drug-likeness (QED) is 0.322. The van der Waals surface area contributed by atoms with Crippen molar-refractivity contribution in [1.29, 1.82) is 0 Å². The molecule has 0 aromatic heterocycles. The summed E-state index contributed by atoms with van der Waals surface area (Å²) < 4.78 is 239. The van der Waals surface area contributed by atoms with Crippen molar-refractivity contribution in [3.05, 3.63) is 11.1 Å². The zero-order chi connectivity index (χ0) is 23.7. The van der Waals surface area contributed by atoms with Crippen LogP contribution in [0.2, 0.25) is 0 Å². The Balaban J connectivity index is 3.20. The number of hydrogen-bond donors (Lipinski definition) is 0. The summed E-state index contributed by atoms with van der Waals surface area (Å²) in [5.74, 6) is -54.6. The van der Waals surface area contributed by atoms with Gasteiger partial charge < -0.3 is 0 Å². The Morgan fingerprint density at radius 2 is 0.690 bits per heavy atom. The standard InChI is InChI=1S/C11F18/c12-3(8(21,22)11(27,28)29)1-2(5(15,16)7(3,19)20)6(17,18)10(25,26)9(23,24)4(1,13)14. The van der Waals surface area contributed by atoms with E-state index in [9.17, 15) is 79.0 Å². The summed E-state index contributed by atoms with van der Waals surface area (Å²) >= 11 is 0. The maximum atomic E-state index is 14.3. The first-order valence-corrected chi connectivity index (χ1v) is 6.40. The molecular weight excluding hydrogens is 474 g/mol. The molecule has 0 aromatic rings. The number of allylic oxidation sites excluding steroid dienone is 2. The molecule has 2 aliphatic rings. The minimum Gasteiger partial charge on any atom is -0.225 e. The van der Waals surface area contributed by atoms with E-state index < -0.39 is 64.4 Å². The number of rotatable bonds is 1. The highest BCUT2D eigenvalue weighted by molar-refractivity contribution is 5.57. The molecule has 0 spiro atoms. The Labute approximate surface area is 145 Å². The SMILES string of the molecule is FC(F)(F)C(F)(F)C1(F)C2=C(C(F)(F)C(F)(F)C(F)(F)C2(F)F)C(F)(F)C1(F)F. The highest BCUT2D eigenvalue weighted by atomic mass is 19.4. The highest BCUT2D eigenvalue weighted by Gasteiger charge is 3.01. The van der Waals surface area contributed by atoms with Gasteiger partial charge in [0.05, 0.1) is 11.1 Å². The lowest BCUT2D eigenvalue weighted by Gasteiger charge is -2.45. The van der Waals surface area contributed by atoms with Crippen LogP contribution in [0.15, 0.2) is 11.1 Å². The van der Waals surface area contributed by atoms with Gasteiger partial charge in [0, 0.05) is 0 Å². The van der Waals surface area contributed by atoms with Crippen molar-refractivity contribution in [2.75, 3.05) is 0 Å². The van der Waals surface area contributed by atoms with E-state index >= 15 is 0 Å². The molecule has 2 rings (SSSR count). The van der Waals surface area contributed by atoms with Gasteiger partial charge in [-0.25, -0.2) is 4.39 Å². The molecule has 0 nitrogen and oxygen atoms in total. The van der Waals surface area contributed by atoms with Crippen LogP contribution in [0.5, 0.6) is 0 Å². The topological polar surface area (TPSA) is 0 Å². The number of hydrogen-bond acceptors (Lipinski definition) is 0. The van der Waals surface area contributed by atoms with Crippen LogP contribution in [-0.4, -0.2) is 53.3 Å². The van der Waals surface area contributed by atoms with Crippen LogP contribution in [0.1, 0.15) is 0 Å². The van der Waals surface area contributed by atoms with Crippen molar-refractivity contribution >= 4 is 0 Å². The van der Waals surface area contributed by atoms with Gasteiger partial charge >= 0.3 is 47.6 Å². The average Bonchev–Trinajstić information content (AvgIpc) is 2.60. The zero-order valence-corrected chi connectivity index (χ0v) is 12.3. The molecule has 2 aliphatic carbocycles. The minimum absolute atomic E-state index is 5.00. The Morgan fingerprint density at radius 3 is 1.00 bits per heavy atom. The largest absolute Gasteiger partial charge is 0.457 e. The zero-order valence-electron chi connectivity index (χ0n) is 12.3. The molecule has 0 amide bonds. The van der Waals surface area contributed by atoms with Gasteiger partial charge in [0.25, 0.3) is 5.67 Å². The van der Waals surface area contributed by atoms with Crippen molar-refractivity contribution in [2.24, 2.45) is 0 Å². The third-order valence-corrected chi connectivity index (χ3v) is 4.34. The molecule has 0 saturated heterocycles. The van der Waals surface area contributed by atoms with Gasteiger partial charge in [0.2, 0.25) is 0 Å². The second-order valence-corrected chi connectivity index (χ2v) is 5.93. The molecule has 0 radical (unpaired) electrons. The van der Waals surface area contributed by atoms with E-state index in [1.54, 1.807) is 0 Å². The molecule has 0 aromatic carbocycles. The van der Waals surface area contributed by atoms with Gasteiger partial charge in [-0.15, -0.1) is 0 Å². The summed E-state index contributed by atoms with van der Waals surface area (Å²) in [6.07, 6.45) is -7.83. The van der Waals surface area contributed by atoms with Crippen LogP contribution in [0.3, 0.4) is 0 Å². The van der Waals surface area contributed by atoms with E-state index in [0.717, 1.165) is 0 Å². The van der Waals surface area contributed by atoms with Gasteiger partial charge in [-0.1, -0.05) is 0 Å². The van der Waals surface area contributed by atoms with Crippen LogP contribution in [0.4, 0.5) is 79.0 Å². The summed E-state index contributed by atoms with van der Waals surface area (Å²) in [4.78, 5) is 0. The Hall–Kier alpha value is -1.52. The fourth-order valence-corrected chi connectivity index (χ4v) is 2.84. The summed E-state index contributed by atoms with van der Waals surface area (Å²) in [6.45, 7) is 0. The molecule has 0 fully saturated rings. The fraction of sp³-hybridized carbons (Fsp3) is 0.818. The van der Waals surface area contributed by atoms with Crippen molar-refractivity contribution in [3.63, 3.8) is 0 Å². The van der Waals surface area contributed by atoms with E-state index in [-0.39, 0.29) is 0 Å². The van der Waals surface area contributed by atoms with Crippen LogP contribution in [-0.2, 0) is 0 Å². The molecule has 29 heavy (non-hydrogen) atoms. The van der Waals surface area contributed by atoms with Crippen LogP contribution >= 0.6 is 0 Å². The van der Waals surface area contributed by atoms with E-state index in [0.29, 0.717) is 0 Å². The first kappa shape index (κ1) is 23.8. The van der Waals surface area contributed by atoms with E-state index in [4.69, 9.17) is 0 Å². The summed E-state index contributed by atoms with van der Waals surface area (Å²) in [5, 5.41) is 0. The molecule has 0 N–H and O–H groups in total. The normalized spacial score (nSPS) is 34.1. The lowest BCUT2D eigenvalue weighted by atomic mass is 9.75. The van der Waals surface area contributed by atoms with Gasteiger partial charge in [0.15, 0.2) is 0 Å². The molecule has 18 heteroatoms. The molecule has 0 aliphatic heterocycles. The van der Waals surface area contributed by atoms with Crippen molar-refractivity contribution in [1.82, 2.24) is 0 Å². The van der Waals surface area contributed by atoms with Gasteiger partial charge in [-0.05, 0) is 0 Å². The van der Waals surface area contributed by atoms with E-state index in [2.05, 4.69) is 0 Å². The smallest absolute Gasteiger partial charge is 0.225 e. The van der Waals surface area contributed by atoms with Crippen molar-refractivity contribution < 1.29 is 79.0 Å². The summed E-state index contributed by atoms with van der Waals surface area (Å²) in [6, 6.07) is 0. The van der Waals surface area contributed by atoms with Crippen molar-refractivity contribution in [3.8, 4) is 0 Å². The van der Waals surface area contributed by atoms with E-state index in [1.807, 2.05) is 0 Å². The first-order chi connectivity index (χ1) is 12.2. The third-order valence-electron chi connectivity index (χ3n) is 4.34. The number of halogens is 18. The molecular formula is C11F18. The highest BCUT2D eigenvalue weighted by Crippen LogP contribution is 2.76. The lowest BCUT2D eigenvalue weighted by molar-refractivity contribution is -0.378. The fourth-order valence-electron chi connectivity index (χ4n) is 2.84. The van der Waals surface area contributed by atoms with Gasteiger partial charge in [-0.2, -0.15) is 74.6 Å². The molecule has 0 bridgehead atoms. The predicted octanol–water partition coefficient (Wildman–Crippen LogP) is 6.03. The van der Waals surface area contributed by atoms with Crippen molar-refractivity contribution in [2.45, 2.75) is 53.3 Å². The second-order valence-electron chi connectivity index (χ2n) is 5.93. The predicted molar refractivity (Wildman–Crippen MR) is 51.5 cm³/mol. The second kappa shape index (κ2) is 5.03. The summed E-state index contributed by atoms with van der Waals surface area (Å²) in [5.41, 5.74) is -18.2. The van der Waals surface area contributed by atoms with Gasteiger partial charge in [-0.3, -0.25) is 0 Å². The minimum atomic E-state index is -8.15. The monoisotopic (exact) mass is 474 g/mol. The molecule has 0 heterocycles. The van der Waals surface area contributed by atoms with Crippen LogP contribution < -0.4 is 0 Å².